The molecule has 1 rings (SSSR count). The molecule has 3 nitrogen and oxygen atoms in total. The van der Waals surface area contributed by atoms with E-state index in [9.17, 15) is 0 Å². The van der Waals surface area contributed by atoms with E-state index in [-0.39, 0.29) is 19.0 Å². The largest absolute Gasteiger partial charge is 0.392 e. The molecule has 13 heavy (non-hydrogen) atoms. The molecule has 0 aromatic heterocycles. The number of hydrogen-bond acceptors (Lipinski definition) is 2. The summed E-state index contributed by atoms with van der Waals surface area (Å²) in [6.07, 6.45) is 0. The fraction of sp³-hybridized carbons (Fsp3) is 0.222. The Hall–Kier alpha value is -1.06. The molecule has 0 unspecified atom stereocenters. The van der Waals surface area contributed by atoms with Crippen LogP contribution in [-0.4, -0.2) is 10.9 Å². The highest BCUT2D eigenvalue weighted by Crippen LogP contribution is 2.12. The van der Waals surface area contributed by atoms with E-state index in [1.807, 2.05) is 24.3 Å². The summed E-state index contributed by atoms with van der Waals surface area (Å²) in [5.74, 6) is 0.534. The van der Waals surface area contributed by atoms with Crippen LogP contribution in [0.3, 0.4) is 0 Å². The average Bonchev–Trinajstić information content (AvgIpc) is 2.05. The van der Waals surface area contributed by atoms with Gasteiger partial charge in [0.25, 0.3) is 0 Å². The molecule has 0 radical (unpaired) electrons. The van der Waals surface area contributed by atoms with Crippen molar-refractivity contribution in [2.75, 3.05) is 0 Å². The molecule has 4 heteroatoms. The molecule has 0 atom stereocenters. The van der Waals surface area contributed by atoms with Crippen LogP contribution in [0.2, 0.25) is 0 Å². The van der Waals surface area contributed by atoms with Crippen LogP contribution in [0.1, 0.15) is 12.5 Å². The van der Waals surface area contributed by atoms with Crippen molar-refractivity contribution in [1.29, 1.82) is 0 Å². The number of nitrogens with zero attached hydrogens (tertiary/aromatic N) is 1. The number of aliphatic hydroxyl groups excluding tert-OH is 1. The lowest BCUT2D eigenvalue weighted by Crippen LogP contribution is -2.03. The Morgan fingerprint density at radius 1 is 1.38 bits per heavy atom. The maximum atomic E-state index is 8.75. The Morgan fingerprint density at radius 3 is 2.31 bits per heavy atom. The molecule has 0 fully saturated rings. The first kappa shape index (κ1) is 11.9. The summed E-state index contributed by atoms with van der Waals surface area (Å²) in [7, 11) is 0. The molecule has 0 bridgehead atoms. The predicted octanol–water partition coefficient (Wildman–Crippen LogP) is 1.61. The fourth-order valence-electron chi connectivity index (χ4n) is 0.880. The number of hydrogen-bond donors (Lipinski definition) is 2. The maximum absolute atomic E-state index is 8.75. The molecule has 0 aliphatic rings. The lowest BCUT2D eigenvalue weighted by atomic mass is 10.2. The lowest BCUT2D eigenvalue weighted by molar-refractivity contribution is 0.282. The standard InChI is InChI=1S/C9H12N2O.ClH/c1-7(10)11-9-4-2-8(6-12)3-5-9;/h2-5,12H,6H2,1H3,(H2,10,11);1H. The van der Waals surface area contributed by atoms with Gasteiger partial charge in [0.2, 0.25) is 0 Å². The van der Waals surface area contributed by atoms with Gasteiger partial charge in [-0.2, -0.15) is 0 Å². The summed E-state index contributed by atoms with van der Waals surface area (Å²) in [4.78, 5) is 4.05. The number of halogens is 1. The number of benzene rings is 1. The van der Waals surface area contributed by atoms with Gasteiger partial charge in [0.05, 0.1) is 18.1 Å². The topological polar surface area (TPSA) is 58.6 Å². The summed E-state index contributed by atoms with van der Waals surface area (Å²) >= 11 is 0. The summed E-state index contributed by atoms with van der Waals surface area (Å²) in [5, 5.41) is 8.75. The Labute approximate surface area is 83.7 Å². The lowest BCUT2D eigenvalue weighted by Gasteiger charge is -1.96. The van der Waals surface area contributed by atoms with Crippen molar-refractivity contribution < 1.29 is 5.11 Å². The Morgan fingerprint density at radius 2 is 1.92 bits per heavy atom. The van der Waals surface area contributed by atoms with Gasteiger partial charge in [-0.1, -0.05) is 12.1 Å². The monoisotopic (exact) mass is 200 g/mol. The molecule has 1 aromatic carbocycles. The first-order chi connectivity index (χ1) is 5.72. The minimum absolute atomic E-state index is 0. The second-order valence-corrected chi connectivity index (χ2v) is 2.58. The molecular formula is C9H13ClN2O. The van der Waals surface area contributed by atoms with Gasteiger partial charge in [-0.3, -0.25) is 0 Å². The zero-order valence-corrected chi connectivity index (χ0v) is 8.21. The van der Waals surface area contributed by atoms with Gasteiger partial charge in [-0.05, 0) is 24.6 Å². The highest BCUT2D eigenvalue weighted by Gasteiger charge is 1.90. The van der Waals surface area contributed by atoms with Crippen LogP contribution in [0.15, 0.2) is 29.3 Å². The van der Waals surface area contributed by atoms with Crippen molar-refractivity contribution in [2.24, 2.45) is 10.7 Å². The number of aliphatic imine (C=N–C) groups is 1. The van der Waals surface area contributed by atoms with Crippen molar-refractivity contribution >= 4 is 23.9 Å². The minimum atomic E-state index is 0. The molecule has 1 aromatic rings. The Balaban J connectivity index is 0.00000144. The van der Waals surface area contributed by atoms with Crippen molar-refractivity contribution in [3.8, 4) is 0 Å². The molecule has 72 valence electrons. The zero-order chi connectivity index (χ0) is 8.97. The summed E-state index contributed by atoms with van der Waals surface area (Å²) < 4.78 is 0. The van der Waals surface area contributed by atoms with Crippen LogP contribution in [0, 0.1) is 0 Å². The van der Waals surface area contributed by atoms with E-state index in [4.69, 9.17) is 10.8 Å². The van der Waals surface area contributed by atoms with Gasteiger partial charge >= 0.3 is 0 Å². The second-order valence-electron chi connectivity index (χ2n) is 2.58. The third kappa shape index (κ3) is 3.92. The normalized spacial score (nSPS) is 10.8. The van der Waals surface area contributed by atoms with Crippen molar-refractivity contribution in [3.05, 3.63) is 29.8 Å². The van der Waals surface area contributed by atoms with Gasteiger partial charge in [0, 0.05) is 0 Å². The highest BCUT2D eigenvalue weighted by molar-refractivity contribution is 5.85. The van der Waals surface area contributed by atoms with E-state index in [0.29, 0.717) is 5.84 Å². The molecule has 0 saturated heterocycles. The van der Waals surface area contributed by atoms with E-state index >= 15 is 0 Å². The van der Waals surface area contributed by atoms with Gasteiger partial charge in [0.1, 0.15) is 0 Å². The minimum Gasteiger partial charge on any atom is -0.392 e. The smallest absolute Gasteiger partial charge is 0.0964 e. The Bertz CT molecular complexity index is 278. The molecule has 0 aliphatic heterocycles. The van der Waals surface area contributed by atoms with Gasteiger partial charge in [-0.15, -0.1) is 12.4 Å². The van der Waals surface area contributed by atoms with E-state index in [0.717, 1.165) is 11.3 Å². The van der Waals surface area contributed by atoms with Crippen LogP contribution >= 0.6 is 12.4 Å². The van der Waals surface area contributed by atoms with E-state index in [2.05, 4.69) is 4.99 Å². The number of rotatable bonds is 2. The van der Waals surface area contributed by atoms with Crippen molar-refractivity contribution in [2.45, 2.75) is 13.5 Å². The predicted molar refractivity (Wildman–Crippen MR) is 56.6 cm³/mol. The van der Waals surface area contributed by atoms with Gasteiger partial charge < -0.3 is 10.8 Å². The van der Waals surface area contributed by atoms with Gasteiger partial charge in [-0.25, -0.2) is 4.99 Å². The van der Waals surface area contributed by atoms with E-state index < -0.39 is 0 Å². The van der Waals surface area contributed by atoms with Crippen LogP contribution in [0.25, 0.3) is 0 Å². The average molecular weight is 201 g/mol. The molecule has 0 aliphatic carbocycles. The van der Waals surface area contributed by atoms with Crippen LogP contribution < -0.4 is 5.73 Å². The molecule has 3 N–H and O–H groups in total. The van der Waals surface area contributed by atoms with E-state index in [1.54, 1.807) is 6.92 Å². The summed E-state index contributed by atoms with van der Waals surface area (Å²) in [5.41, 5.74) is 7.09. The fourth-order valence-corrected chi connectivity index (χ4v) is 0.880. The summed E-state index contributed by atoms with van der Waals surface area (Å²) in [6.45, 7) is 1.80. The first-order valence-electron chi connectivity index (χ1n) is 3.73. The highest BCUT2D eigenvalue weighted by atomic mass is 35.5. The maximum Gasteiger partial charge on any atom is 0.0964 e. The quantitative estimate of drug-likeness (QED) is 0.563. The van der Waals surface area contributed by atoms with E-state index in [1.165, 1.54) is 0 Å². The number of aliphatic hydroxyl groups is 1. The molecule has 0 amide bonds. The number of amidine groups is 1. The summed E-state index contributed by atoms with van der Waals surface area (Å²) in [6, 6.07) is 7.29. The third-order valence-corrected chi connectivity index (χ3v) is 1.42. The molecule has 0 saturated carbocycles. The molecular weight excluding hydrogens is 188 g/mol. The van der Waals surface area contributed by atoms with Crippen LogP contribution in [0.4, 0.5) is 5.69 Å². The van der Waals surface area contributed by atoms with Crippen molar-refractivity contribution in [3.63, 3.8) is 0 Å². The number of nitrogens with two attached hydrogens (primary N) is 1. The van der Waals surface area contributed by atoms with Crippen LogP contribution in [-0.2, 0) is 6.61 Å². The first-order valence-corrected chi connectivity index (χ1v) is 3.73. The Kier molecular flexibility index (Phi) is 5.11. The SMILES string of the molecule is CC(N)=Nc1ccc(CO)cc1.Cl. The third-order valence-electron chi connectivity index (χ3n) is 1.42. The van der Waals surface area contributed by atoms with Crippen molar-refractivity contribution in [1.82, 2.24) is 0 Å². The van der Waals surface area contributed by atoms with Gasteiger partial charge in [0.15, 0.2) is 0 Å². The zero-order valence-electron chi connectivity index (χ0n) is 7.40. The second kappa shape index (κ2) is 5.56. The van der Waals surface area contributed by atoms with Crippen LogP contribution in [0.5, 0.6) is 0 Å². The molecule has 0 heterocycles. The molecule has 0 spiro atoms.